The average Bonchev–Trinajstić information content (AvgIpc) is 1.87. The van der Waals surface area contributed by atoms with E-state index in [-0.39, 0.29) is 0 Å². The minimum Gasteiger partial charge on any atom is -0.134 e. The van der Waals surface area contributed by atoms with Crippen molar-refractivity contribution >= 4 is 9.24 Å². The summed E-state index contributed by atoms with van der Waals surface area (Å²) < 4.78 is 0. The molecule has 0 spiro atoms. The topological polar surface area (TPSA) is 0 Å². The molecule has 0 fully saturated rings. The second-order valence-electron chi connectivity index (χ2n) is 3.89. The van der Waals surface area contributed by atoms with Gasteiger partial charge in [0.1, 0.15) is 0 Å². The van der Waals surface area contributed by atoms with Gasteiger partial charge >= 0.3 is 0 Å². The molecule has 0 aliphatic carbocycles. The quantitative estimate of drug-likeness (QED) is 0.450. The summed E-state index contributed by atoms with van der Waals surface area (Å²) in [6, 6.07) is 0. The summed E-state index contributed by atoms with van der Waals surface area (Å²) in [7, 11) is 2.92. The summed E-state index contributed by atoms with van der Waals surface area (Å²) in [5.74, 6) is 1.43. The lowest BCUT2D eigenvalue weighted by molar-refractivity contribution is 0.504. The van der Waals surface area contributed by atoms with Crippen molar-refractivity contribution < 1.29 is 0 Å². The van der Waals surface area contributed by atoms with Crippen LogP contribution in [0.15, 0.2) is 12.2 Å². The Bertz CT molecular complexity index is 127. The number of hydrogen-bond acceptors (Lipinski definition) is 0. The van der Waals surface area contributed by atoms with Gasteiger partial charge in [0, 0.05) is 0 Å². The fourth-order valence-corrected chi connectivity index (χ4v) is 1.29. The maximum atomic E-state index is 3.96. The molecule has 0 aromatic heterocycles. The Kier molecular flexibility index (Phi) is 5.01. The minimum atomic E-state index is 0.667. The molecule has 0 rings (SSSR count). The van der Waals surface area contributed by atoms with Crippen molar-refractivity contribution in [3.05, 3.63) is 12.2 Å². The van der Waals surface area contributed by atoms with Crippen molar-refractivity contribution in [1.82, 2.24) is 0 Å². The van der Waals surface area contributed by atoms with E-state index in [4.69, 9.17) is 0 Å². The van der Waals surface area contributed by atoms with Gasteiger partial charge in [0.05, 0.1) is 0 Å². The standard InChI is InChI=1S/C10H21P/c1-7(2)9(5)6-10(11)8(3)4/h8-10H,1,6,11H2,2-5H3. The van der Waals surface area contributed by atoms with E-state index in [1.165, 1.54) is 12.0 Å². The zero-order valence-corrected chi connectivity index (χ0v) is 9.38. The molecule has 3 atom stereocenters. The molecule has 0 bridgehead atoms. The Morgan fingerprint density at radius 3 is 2.09 bits per heavy atom. The van der Waals surface area contributed by atoms with Crippen LogP contribution in [-0.4, -0.2) is 5.66 Å². The van der Waals surface area contributed by atoms with E-state index in [1.807, 2.05) is 0 Å². The first-order valence-electron chi connectivity index (χ1n) is 4.36. The van der Waals surface area contributed by atoms with Gasteiger partial charge in [-0.3, -0.25) is 0 Å². The molecule has 0 amide bonds. The van der Waals surface area contributed by atoms with Gasteiger partial charge in [0.25, 0.3) is 0 Å². The number of hydrogen-bond donors (Lipinski definition) is 0. The van der Waals surface area contributed by atoms with Crippen LogP contribution in [0, 0.1) is 11.8 Å². The largest absolute Gasteiger partial charge is 0.134 e. The normalized spacial score (nSPS) is 16.5. The first kappa shape index (κ1) is 11.2. The second-order valence-corrected chi connectivity index (χ2v) is 4.75. The van der Waals surface area contributed by atoms with Crippen LogP contribution in [0.5, 0.6) is 0 Å². The lowest BCUT2D eigenvalue weighted by atomic mass is 9.94. The monoisotopic (exact) mass is 172 g/mol. The Hall–Kier alpha value is 0.170. The fourth-order valence-electron chi connectivity index (χ4n) is 0.882. The van der Waals surface area contributed by atoms with Gasteiger partial charge in [0.2, 0.25) is 0 Å². The zero-order chi connectivity index (χ0) is 9.02. The van der Waals surface area contributed by atoms with Crippen LogP contribution in [0.3, 0.4) is 0 Å². The molecule has 0 aliphatic heterocycles. The molecule has 0 heterocycles. The predicted octanol–water partition coefficient (Wildman–Crippen LogP) is 3.49. The molecule has 0 saturated carbocycles. The molecule has 0 nitrogen and oxygen atoms in total. The lowest BCUT2D eigenvalue weighted by Gasteiger charge is -2.19. The fraction of sp³-hybridized carbons (Fsp3) is 0.800. The maximum Gasteiger partial charge on any atom is -0.0231 e. The molecular weight excluding hydrogens is 151 g/mol. The molecule has 0 saturated heterocycles. The maximum absolute atomic E-state index is 3.96. The predicted molar refractivity (Wildman–Crippen MR) is 56.9 cm³/mol. The van der Waals surface area contributed by atoms with E-state index in [9.17, 15) is 0 Å². The molecule has 0 radical (unpaired) electrons. The second kappa shape index (κ2) is 4.93. The molecule has 0 N–H and O–H groups in total. The van der Waals surface area contributed by atoms with Crippen LogP contribution in [0.2, 0.25) is 0 Å². The first-order chi connectivity index (χ1) is 4.95. The highest BCUT2D eigenvalue weighted by molar-refractivity contribution is 7.17. The number of allylic oxidation sites excluding steroid dienone is 1. The highest BCUT2D eigenvalue weighted by Crippen LogP contribution is 2.23. The van der Waals surface area contributed by atoms with E-state index >= 15 is 0 Å². The SMILES string of the molecule is C=C(C)C(C)CC(P)C(C)C. The van der Waals surface area contributed by atoms with Crippen molar-refractivity contribution in [3.8, 4) is 0 Å². The van der Waals surface area contributed by atoms with Gasteiger partial charge in [0.15, 0.2) is 0 Å². The van der Waals surface area contributed by atoms with Crippen LogP contribution in [-0.2, 0) is 0 Å². The molecule has 3 unspecified atom stereocenters. The first-order valence-corrected chi connectivity index (χ1v) is 5.02. The van der Waals surface area contributed by atoms with E-state index in [1.54, 1.807) is 0 Å². The van der Waals surface area contributed by atoms with Crippen molar-refractivity contribution in [2.45, 2.75) is 39.8 Å². The van der Waals surface area contributed by atoms with Crippen LogP contribution < -0.4 is 0 Å². The molecule has 0 aromatic rings. The summed E-state index contributed by atoms with van der Waals surface area (Å²) in [6.07, 6.45) is 1.25. The third-order valence-electron chi connectivity index (χ3n) is 2.32. The Morgan fingerprint density at radius 2 is 1.82 bits per heavy atom. The van der Waals surface area contributed by atoms with E-state index in [0.717, 1.165) is 11.6 Å². The molecule has 0 aromatic carbocycles. The average molecular weight is 172 g/mol. The van der Waals surface area contributed by atoms with Crippen molar-refractivity contribution in [1.29, 1.82) is 0 Å². The van der Waals surface area contributed by atoms with Gasteiger partial charge in [-0.05, 0) is 30.8 Å². The molecular formula is C10H21P. The van der Waals surface area contributed by atoms with Crippen LogP contribution in [0.1, 0.15) is 34.1 Å². The van der Waals surface area contributed by atoms with E-state index in [2.05, 4.69) is 43.5 Å². The van der Waals surface area contributed by atoms with Gasteiger partial charge in [-0.2, -0.15) is 0 Å². The van der Waals surface area contributed by atoms with Crippen molar-refractivity contribution in [2.24, 2.45) is 11.8 Å². The summed E-state index contributed by atoms with van der Waals surface area (Å²) in [6.45, 7) is 12.9. The summed E-state index contributed by atoms with van der Waals surface area (Å²) >= 11 is 0. The third-order valence-corrected chi connectivity index (χ3v) is 3.37. The van der Waals surface area contributed by atoms with Crippen molar-refractivity contribution in [3.63, 3.8) is 0 Å². The van der Waals surface area contributed by atoms with Crippen LogP contribution in [0.25, 0.3) is 0 Å². The Morgan fingerprint density at radius 1 is 1.36 bits per heavy atom. The lowest BCUT2D eigenvalue weighted by Crippen LogP contribution is -2.12. The molecule has 66 valence electrons. The van der Waals surface area contributed by atoms with Crippen LogP contribution in [0.4, 0.5) is 0 Å². The van der Waals surface area contributed by atoms with E-state index < -0.39 is 0 Å². The van der Waals surface area contributed by atoms with Crippen LogP contribution >= 0.6 is 9.24 Å². The van der Waals surface area contributed by atoms with Gasteiger partial charge in [-0.1, -0.05) is 32.9 Å². The minimum absolute atomic E-state index is 0.667. The van der Waals surface area contributed by atoms with Gasteiger partial charge in [-0.25, -0.2) is 0 Å². The highest BCUT2D eigenvalue weighted by Gasteiger charge is 2.11. The summed E-state index contributed by atoms with van der Waals surface area (Å²) in [5, 5.41) is 0. The van der Waals surface area contributed by atoms with Crippen molar-refractivity contribution in [2.75, 3.05) is 0 Å². The van der Waals surface area contributed by atoms with Gasteiger partial charge in [-0.15, -0.1) is 9.24 Å². The zero-order valence-electron chi connectivity index (χ0n) is 8.22. The van der Waals surface area contributed by atoms with Gasteiger partial charge < -0.3 is 0 Å². The Labute approximate surface area is 73.7 Å². The molecule has 1 heteroatoms. The smallest absolute Gasteiger partial charge is 0.0231 e. The highest BCUT2D eigenvalue weighted by atomic mass is 31.0. The summed E-state index contributed by atoms with van der Waals surface area (Å²) in [4.78, 5) is 0. The third kappa shape index (κ3) is 4.58. The number of rotatable bonds is 4. The molecule has 11 heavy (non-hydrogen) atoms. The summed E-state index contributed by atoms with van der Waals surface area (Å²) in [5.41, 5.74) is 2.04. The van der Waals surface area contributed by atoms with E-state index in [0.29, 0.717) is 5.92 Å². The molecule has 0 aliphatic rings. The Balaban J connectivity index is 3.75.